The molecular formula is C14H9N3O3. The van der Waals surface area contributed by atoms with Crippen molar-refractivity contribution < 1.29 is 13.4 Å². The van der Waals surface area contributed by atoms with Crippen LogP contribution in [-0.4, -0.2) is 15.1 Å². The second kappa shape index (κ2) is 4.06. The van der Waals surface area contributed by atoms with Gasteiger partial charge in [-0.1, -0.05) is 5.16 Å². The van der Waals surface area contributed by atoms with Crippen molar-refractivity contribution in [3.63, 3.8) is 0 Å². The molecule has 0 aliphatic carbocycles. The summed E-state index contributed by atoms with van der Waals surface area (Å²) in [5.41, 5.74) is 2.32. The Morgan fingerprint density at radius 1 is 1.10 bits per heavy atom. The summed E-state index contributed by atoms with van der Waals surface area (Å²) in [5.74, 6) is 2.00. The Balaban J connectivity index is 1.78. The summed E-state index contributed by atoms with van der Waals surface area (Å²) in [7, 11) is 0. The minimum Gasteiger partial charge on any atom is -0.459 e. The zero-order valence-corrected chi connectivity index (χ0v) is 10.5. The normalized spacial score (nSPS) is 11.2. The van der Waals surface area contributed by atoms with E-state index >= 15 is 0 Å². The van der Waals surface area contributed by atoms with Gasteiger partial charge in [0.1, 0.15) is 5.52 Å². The van der Waals surface area contributed by atoms with Gasteiger partial charge in [-0.25, -0.2) is 4.98 Å². The molecule has 1 aromatic carbocycles. The molecule has 0 aliphatic heterocycles. The van der Waals surface area contributed by atoms with Crippen LogP contribution in [0.25, 0.3) is 34.1 Å². The van der Waals surface area contributed by atoms with E-state index in [-0.39, 0.29) is 0 Å². The number of aromatic nitrogens is 3. The minimum atomic E-state index is 0.349. The van der Waals surface area contributed by atoms with Gasteiger partial charge >= 0.3 is 0 Å². The number of hydrogen-bond donors (Lipinski definition) is 0. The molecule has 0 unspecified atom stereocenters. The molecule has 20 heavy (non-hydrogen) atoms. The zero-order valence-electron chi connectivity index (χ0n) is 10.5. The highest BCUT2D eigenvalue weighted by atomic mass is 16.5. The standard InChI is InChI=1S/C14H9N3O3/c1-8-15-10-7-9(4-5-11(10)19-8)13-16-14(20-17-13)12-3-2-6-18-12/h2-7H,1H3. The van der Waals surface area contributed by atoms with E-state index < -0.39 is 0 Å². The number of furan rings is 1. The predicted octanol–water partition coefficient (Wildman–Crippen LogP) is 3.45. The third-order valence-electron chi connectivity index (χ3n) is 2.91. The van der Waals surface area contributed by atoms with Gasteiger partial charge in [0.05, 0.1) is 6.26 Å². The van der Waals surface area contributed by atoms with Crippen LogP contribution in [0.5, 0.6) is 0 Å². The molecule has 0 radical (unpaired) electrons. The summed E-state index contributed by atoms with van der Waals surface area (Å²) in [6, 6.07) is 9.10. The summed E-state index contributed by atoms with van der Waals surface area (Å²) in [4.78, 5) is 8.59. The van der Waals surface area contributed by atoms with Crippen molar-refractivity contribution in [3.05, 3.63) is 42.5 Å². The van der Waals surface area contributed by atoms with Gasteiger partial charge in [-0.05, 0) is 30.3 Å². The highest BCUT2D eigenvalue weighted by Gasteiger charge is 2.13. The predicted molar refractivity (Wildman–Crippen MR) is 69.7 cm³/mol. The summed E-state index contributed by atoms with van der Waals surface area (Å²) in [6.45, 7) is 1.81. The average molecular weight is 267 g/mol. The van der Waals surface area contributed by atoms with Crippen molar-refractivity contribution in [2.24, 2.45) is 0 Å². The fourth-order valence-electron chi connectivity index (χ4n) is 2.02. The maximum absolute atomic E-state index is 5.43. The van der Waals surface area contributed by atoms with E-state index in [9.17, 15) is 0 Å². The van der Waals surface area contributed by atoms with E-state index in [2.05, 4.69) is 15.1 Å². The molecule has 6 nitrogen and oxygen atoms in total. The molecule has 0 saturated carbocycles. The number of hydrogen-bond acceptors (Lipinski definition) is 6. The van der Waals surface area contributed by atoms with E-state index in [1.165, 1.54) is 0 Å². The summed E-state index contributed by atoms with van der Waals surface area (Å²) >= 11 is 0. The van der Waals surface area contributed by atoms with Gasteiger partial charge in [-0.3, -0.25) is 0 Å². The Morgan fingerprint density at radius 2 is 2.05 bits per heavy atom. The molecule has 98 valence electrons. The van der Waals surface area contributed by atoms with Crippen molar-refractivity contribution >= 4 is 11.1 Å². The Bertz CT molecular complexity index is 874. The van der Waals surface area contributed by atoms with Crippen LogP contribution in [0.15, 0.2) is 50.0 Å². The summed E-state index contributed by atoms with van der Waals surface area (Å²) in [6.07, 6.45) is 1.56. The first-order chi connectivity index (χ1) is 9.79. The maximum Gasteiger partial charge on any atom is 0.293 e. The second-order valence-corrected chi connectivity index (χ2v) is 4.32. The van der Waals surface area contributed by atoms with E-state index in [1.807, 2.05) is 25.1 Å². The van der Waals surface area contributed by atoms with Crippen LogP contribution in [0, 0.1) is 6.92 Å². The smallest absolute Gasteiger partial charge is 0.293 e. The molecule has 3 heterocycles. The van der Waals surface area contributed by atoms with Crippen molar-refractivity contribution in [2.45, 2.75) is 6.92 Å². The topological polar surface area (TPSA) is 78.1 Å². The Morgan fingerprint density at radius 3 is 2.90 bits per heavy atom. The van der Waals surface area contributed by atoms with Gasteiger partial charge in [-0.2, -0.15) is 4.98 Å². The zero-order chi connectivity index (χ0) is 13.5. The average Bonchev–Trinajstić information content (AvgIpc) is 3.17. The summed E-state index contributed by atoms with van der Waals surface area (Å²) in [5, 5.41) is 3.95. The molecule has 0 amide bonds. The minimum absolute atomic E-state index is 0.349. The van der Waals surface area contributed by atoms with Crippen molar-refractivity contribution in [1.82, 2.24) is 15.1 Å². The molecule has 0 aliphatic rings. The Kier molecular flexibility index (Phi) is 2.23. The first kappa shape index (κ1) is 11.0. The number of rotatable bonds is 2. The molecule has 0 saturated heterocycles. The lowest BCUT2D eigenvalue weighted by Gasteiger charge is -1.92. The fourth-order valence-corrected chi connectivity index (χ4v) is 2.02. The van der Waals surface area contributed by atoms with Crippen LogP contribution in [0.4, 0.5) is 0 Å². The SMILES string of the molecule is Cc1nc2cc(-c3noc(-c4ccco4)n3)ccc2o1. The lowest BCUT2D eigenvalue weighted by molar-refractivity contribution is 0.417. The van der Waals surface area contributed by atoms with Crippen LogP contribution >= 0.6 is 0 Å². The molecule has 0 fully saturated rings. The monoisotopic (exact) mass is 267 g/mol. The first-order valence-corrected chi connectivity index (χ1v) is 6.05. The van der Waals surface area contributed by atoms with Gasteiger partial charge in [-0.15, -0.1) is 0 Å². The molecule has 0 atom stereocenters. The maximum atomic E-state index is 5.43. The van der Waals surface area contributed by atoms with Gasteiger partial charge in [0.15, 0.2) is 17.2 Å². The molecule has 4 rings (SSSR count). The highest BCUT2D eigenvalue weighted by Crippen LogP contribution is 2.25. The quantitative estimate of drug-likeness (QED) is 0.553. The number of aryl methyl sites for hydroxylation is 1. The number of oxazole rings is 1. The number of fused-ring (bicyclic) bond motifs is 1. The van der Waals surface area contributed by atoms with Crippen molar-refractivity contribution in [2.75, 3.05) is 0 Å². The second-order valence-electron chi connectivity index (χ2n) is 4.32. The molecule has 0 bridgehead atoms. The van der Waals surface area contributed by atoms with Gasteiger partial charge in [0, 0.05) is 12.5 Å². The third kappa shape index (κ3) is 1.70. The lowest BCUT2D eigenvalue weighted by atomic mass is 10.2. The largest absolute Gasteiger partial charge is 0.459 e. The van der Waals surface area contributed by atoms with Crippen molar-refractivity contribution in [1.29, 1.82) is 0 Å². The molecular weight excluding hydrogens is 258 g/mol. The van der Waals surface area contributed by atoms with Gasteiger partial charge in [0.2, 0.25) is 5.82 Å². The first-order valence-electron chi connectivity index (χ1n) is 6.05. The molecule has 0 N–H and O–H groups in total. The van der Waals surface area contributed by atoms with Gasteiger partial charge < -0.3 is 13.4 Å². The van der Waals surface area contributed by atoms with E-state index in [0.29, 0.717) is 23.4 Å². The molecule has 0 spiro atoms. The van der Waals surface area contributed by atoms with Crippen molar-refractivity contribution in [3.8, 4) is 23.0 Å². The van der Waals surface area contributed by atoms with E-state index in [1.54, 1.807) is 18.4 Å². The number of nitrogens with zero attached hydrogens (tertiary/aromatic N) is 3. The fraction of sp³-hybridized carbons (Fsp3) is 0.0714. The Hall–Kier alpha value is -2.89. The van der Waals surface area contributed by atoms with E-state index in [0.717, 1.165) is 16.7 Å². The molecule has 4 aromatic rings. The van der Waals surface area contributed by atoms with Crippen LogP contribution in [-0.2, 0) is 0 Å². The van der Waals surface area contributed by atoms with Crippen LogP contribution in [0.1, 0.15) is 5.89 Å². The molecule has 3 aromatic heterocycles. The lowest BCUT2D eigenvalue weighted by Crippen LogP contribution is -1.81. The van der Waals surface area contributed by atoms with E-state index in [4.69, 9.17) is 13.4 Å². The summed E-state index contributed by atoms with van der Waals surface area (Å²) < 4.78 is 15.8. The number of benzene rings is 1. The Labute approximate surface area is 113 Å². The highest BCUT2D eigenvalue weighted by molar-refractivity contribution is 5.78. The van der Waals surface area contributed by atoms with Gasteiger partial charge in [0.25, 0.3) is 5.89 Å². The van der Waals surface area contributed by atoms with Crippen LogP contribution < -0.4 is 0 Å². The third-order valence-corrected chi connectivity index (χ3v) is 2.91. The van der Waals surface area contributed by atoms with Crippen LogP contribution in [0.3, 0.4) is 0 Å². The van der Waals surface area contributed by atoms with Crippen LogP contribution in [0.2, 0.25) is 0 Å². The molecule has 6 heteroatoms.